The van der Waals surface area contributed by atoms with Crippen LogP contribution in [0.5, 0.6) is 0 Å². The maximum atomic E-state index is 12.6. The van der Waals surface area contributed by atoms with E-state index in [0.717, 1.165) is 22.3 Å². The summed E-state index contributed by atoms with van der Waals surface area (Å²) in [7, 11) is 0. The molecule has 1 unspecified atom stereocenters. The van der Waals surface area contributed by atoms with Crippen LogP contribution in [0.3, 0.4) is 0 Å². The Morgan fingerprint density at radius 1 is 1.52 bits per heavy atom. The number of aryl methyl sites for hydroxylation is 1. The highest BCUT2D eigenvalue weighted by atomic mass is 32.1. The summed E-state index contributed by atoms with van der Waals surface area (Å²) in [5, 5.41) is 9.27. The van der Waals surface area contributed by atoms with E-state index in [1.165, 1.54) is 17.7 Å². The van der Waals surface area contributed by atoms with E-state index in [0.29, 0.717) is 22.2 Å². The Bertz CT molecular complexity index is 838. The van der Waals surface area contributed by atoms with Crippen LogP contribution in [-0.2, 0) is 27.3 Å². The number of carboxylic acid groups (broad SMARTS) is 1. The van der Waals surface area contributed by atoms with Gasteiger partial charge in [-0.15, -0.1) is 11.3 Å². The number of ether oxygens (including phenoxy) is 1. The van der Waals surface area contributed by atoms with E-state index >= 15 is 0 Å². The Labute approximate surface area is 135 Å². The molecule has 1 aliphatic carbocycles. The minimum atomic E-state index is -1.11. The Morgan fingerprint density at radius 3 is 3.00 bits per heavy atom. The summed E-state index contributed by atoms with van der Waals surface area (Å²) in [6.07, 6.45) is 3.53. The van der Waals surface area contributed by atoms with Crippen molar-refractivity contribution in [3.05, 3.63) is 27.1 Å². The molecule has 2 heterocycles. The zero-order chi connectivity index (χ0) is 16.6. The van der Waals surface area contributed by atoms with Crippen LogP contribution < -0.4 is 5.56 Å². The highest BCUT2D eigenvalue weighted by Gasteiger charge is 2.33. The zero-order valence-corrected chi connectivity index (χ0v) is 13.4. The van der Waals surface area contributed by atoms with Gasteiger partial charge >= 0.3 is 11.9 Å². The highest BCUT2D eigenvalue weighted by molar-refractivity contribution is 7.18. The van der Waals surface area contributed by atoms with Crippen molar-refractivity contribution in [1.29, 1.82) is 0 Å². The average molecular weight is 336 g/mol. The summed E-state index contributed by atoms with van der Waals surface area (Å²) >= 11 is 1.40. The number of hydrogen-bond donors (Lipinski definition) is 1. The number of carbonyl (C=O) groups excluding carboxylic acids is 1. The first-order chi connectivity index (χ1) is 11.0. The monoisotopic (exact) mass is 336 g/mol. The quantitative estimate of drug-likeness (QED) is 0.850. The fraction of sp³-hybridized carbons (Fsp3) is 0.467. The summed E-state index contributed by atoms with van der Waals surface area (Å²) in [6, 6.07) is 0. The summed E-state index contributed by atoms with van der Waals surface area (Å²) in [5.41, 5.74) is 0.276. The fourth-order valence-electron chi connectivity index (χ4n) is 3.00. The zero-order valence-electron chi connectivity index (χ0n) is 12.6. The molecule has 23 heavy (non-hydrogen) atoms. The van der Waals surface area contributed by atoms with Crippen LogP contribution in [0.4, 0.5) is 0 Å². The van der Waals surface area contributed by atoms with Crippen molar-refractivity contribution < 1.29 is 19.4 Å². The Balaban J connectivity index is 2.18. The third kappa shape index (κ3) is 2.74. The van der Waals surface area contributed by atoms with Crippen molar-refractivity contribution in [1.82, 2.24) is 9.55 Å². The molecule has 0 radical (unpaired) electrons. The van der Waals surface area contributed by atoms with Gasteiger partial charge in [0.2, 0.25) is 0 Å². The molecule has 3 rings (SSSR count). The number of thiophene rings is 1. The molecule has 122 valence electrons. The Hall–Kier alpha value is -2.22. The van der Waals surface area contributed by atoms with Crippen LogP contribution in [0.2, 0.25) is 0 Å². The second-order valence-corrected chi connectivity index (χ2v) is 6.47. The van der Waals surface area contributed by atoms with Crippen LogP contribution in [0.1, 0.15) is 36.1 Å². The number of nitrogens with zero attached hydrogens (tertiary/aromatic N) is 2. The largest absolute Gasteiger partial charge is 0.480 e. The van der Waals surface area contributed by atoms with Gasteiger partial charge in [-0.3, -0.25) is 19.0 Å². The van der Waals surface area contributed by atoms with Crippen LogP contribution in [0, 0.1) is 0 Å². The van der Waals surface area contributed by atoms with E-state index in [1.807, 2.05) is 0 Å². The predicted molar refractivity (Wildman–Crippen MR) is 83.8 cm³/mol. The molecule has 0 fully saturated rings. The van der Waals surface area contributed by atoms with Gasteiger partial charge in [-0.05, 0) is 31.7 Å². The van der Waals surface area contributed by atoms with E-state index in [4.69, 9.17) is 9.84 Å². The first-order valence-electron chi connectivity index (χ1n) is 7.42. The SMILES string of the molecule is CCOC(=O)C1CCCc2sc3ncn(CC(=O)O)c(=O)c3c21. The summed E-state index contributed by atoms with van der Waals surface area (Å²) < 4.78 is 6.20. The normalized spacial score (nSPS) is 17.0. The second kappa shape index (κ2) is 6.11. The molecule has 2 aromatic heterocycles. The highest BCUT2D eigenvalue weighted by Crippen LogP contribution is 2.40. The summed E-state index contributed by atoms with van der Waals surface area (Å²) in [4.78, 5) is 41.5. The average Bonchev–Trinajstić information content (AvgIpc) is 2.89. The van der Waals surface area contributed by atoms with Gasteiger partial charge in [-0.25, -0.2) is 4.98 Å². The van der Waals surface area contributed by atoms with E-state index < -0.39 is 24.0 Å². The number of esters is 1. The van der Waals surface area contributed by atoms with Gasteiger partial charge in [0.1, 0.15) is 11.4 Å². The maximum absolute atomic E-state index is 12.6. The topological polar surface area (TPSA) is 98.5 Å². The lowest BCUT2D eigenvalue weighted by molar-refractivity contribution is -0.145. The third-order valence-electron chi connectivity index (χ3n) is 3.91. The smallest absolute Gasteiger partial charge is 0.323 e. The second-order valence-electron chi connectivity index (χ2n) is 5.39. The Kier molecular flexibility index (Phi) is 4.16. The maximum Gasteiger partial charge on any atom is 0.323 e. The number of aliphatic carboxylic acids is 1. The molecule has 1 aliphatic rings. The van der Waals surface area contributed by atoms with Gasteiger partial charge < -0.3 is 9.84 Å². The van der Waals surface area contributed by atoms with Crippen molar-refractivity contribution in [2.24, 2.45) is 0 Å². The molecule has 0 bridgehead atoms. The number of fused-ring (bicyclic) bond motifs is 3. The molecule has 2 aromatic rings. The minimum absolute atomic E-state index is 0.286. The van der Waals surface area contributed by atoms with E-state index in [1.54, 1.807) is 6.92 Å². The first-order valence-corrected chi connectivity index (χ1v) is 8.23. The molecule has 1 atom stereocenters. The van der Waals surface area contributed by atoms with Crippen LogP contribution in [0.15, 0.2) is 11.1 Å². The van der Waals surface area contributed by atoms with Gasteiger partial charge in [-0.2, -0.15) is 0 Å². The number of hydrogen-bond acceptors (Lipinski definition) is 6. The molecule has 0 saturated carbocycles. The van der Waals surface area contributed by atoms with Gasteiger partial charge in [0.15, 0.2) is 0 Å². The van der Waals surface area contributed by atoms with E-state index in [9.17, 15) is 14.4 Å². The molecule has 7 nitrogen and oxygen atoms in total. The van der Waals surface area contributed by atoms with E-state index in [-0.39, 0.29) is 12.6 Å². The lowest BCUT2D eigenvalue weighted by Crippen LogP contribution is -2.26. The summed E-state index contributed by atoms with van der Waals surface area (Å²) in [5.74, 6) is -1.91. The Morgan fingerprint density at radius 2 is 2.30 bits per heavy atom. The van der Waals surface area contributed by atoms with Gasteiger partial charge in [0.25, 0.3) is 5.56 Å². The number of carboxylic acids is 1. The lowest BCUT2D eigenvalue weighted by Gasteiger charge is -2.21. The molecule has 0 amide bonds. The van der Waals surface area contributed by atoms with Crippen molar-refractivity contribution in [3.8, 4) is 0 Å². The standard InChI is InChI=1S/C15H16N2O5S/c1-2-22-15(21)8-4-3-5-9-11(8)12-13(23-9)16-7-17(14(12)20)6-10(18)19/h7-8H,2-6H2,1H3,(H,18,19). The van der Waals surface area contributed by atoms with Crippen LogP contribution in [0.25, 0.3) is 10.2 Å². The van der Waals surface area contributed by atoms with Crippen molar-refractivity contribution in [3.63, 3.8) is 0 Å². The molecular weight excluding hydrogens is 320 g/mol. The lowest BCUT2D eigenvalue weighted by atomic mass is 9.86. The van der Waals surface area contributed by atoms with E-state index in [2.05, 4.69) is 4.98 Å². The van der Waals surface area contributed by atoms with Gasteiger partial charge in [-0.1, -0.05) is 0 Å². The van der Waals surface area contributed by atoms with Gasteiger partial charge in [0.05, 0.1) is 24.2 Å². The molecule has 1 N–H and O–H groups in total. The molecule has 0 saturated heterocycles. The number of rotatable bonds is 4. The van der Waals surface area contributed by atoms with Crippen LogP contribution >= 0.6 is 11.3 Å². The van der Waals surface area contributed by atoms with Crippen molar-refractivity contribution >= 4 is 33.5 Å². The molecule has 0 aromatic carbocycles. The predicted octanol–water partition coefficient (Wildman–Crippen LogP) is 1.53. The molecule has 0 aliphatic heterocycles. The first kappa shape index (κ1) is 15.7. The molecule has 8 heteroatoms. The van der Waals surface area contributed by atoms with Crippen molar-refractivity contribution in [2.75, 3.05) is 6.61 Å². The van der Waals surface area contributed by atoms with Crippen molar-refractivity contribution in [2.45, 2.75) is 38.6 Å². The number of aromatic nitrogens is 2. The third-order valence-corrected chi connectivity index (χ3v) is 5.09. The molecular formula is C15H16N2O5S. The van der Waals surface area contributed by atoms with Gasteiger partial charge in [0, 0.05) is 4.88 Å². The summed E-state index contributed by atoms with van der Waals surface area (Å²) in [6.45, 7) is 1.58. The minimum Gasteiger partial charge on any atom is -0.480 e. The fourth-order valence-corrected chi connectivity index (χ4v) is 4.23. The number of carbonyl (C=O) groups is 2. The molecule has 0 spiro atoms. The van der Waals surface area contributed by atoms with Crippen LogP contribution in [-0.4, -0.2) is 33.2 Å².